The van der Waals surface area contributed by atoms with Gasteiger partial charge in [-0.15, -0.1) is 0 Å². The van der Waals surface area contributed by atoms with Gasteiger partial charge in [-0.25, -0.2) is 0 Å². The molecule has 5 heteroatoms. The summed E-state index contributed by atoms with van der Waals surface area (Å²) in [6, 6.07) is 1.81. The Morgan fingerprint density at radius 1 is 1.17 bits per heavy atom. The highest BCUT2D eigenvalue weighted by Gasteiger charge is 2.44. The quantitative estimate of drug-likeness (QED) is 0.890. The van der Waals surface area contributed by atoms with Crippen LogP contribution in [-0.2, 0) is 16.6 Å². The molecule has 126 valence electrons. The lowest BCUT2D eigenvalue weighted by atomic mass is 9.67. The van der Waals surface area contributed by atoms with Crippen LogP contribution >= 0.6 is 11.6 Å². The maximum Gasteiger partial charge on any atom is 0.314 e. The molecule has 1 saturated carbocycles. The summed E-state index contributed by atoms with van der Waals surface area (Å²) < 4.78 is 11.7. The van der Waals surface area contributed by atoms with E-state index in [4.69, 9.17) is 21.1 Å². The molecular weight excluding hydrogens is 316 g/mol. The fraction of sp³-hybridized carbons (Fsp3) is 0.611. The monoisotopic (exact) mass is 338 g/mol. The van der Waals surface area contributed by atoms with Crippen LogP contribution in [0, 0.1) is 0 Å². The summed E-state index contributed by atoms with van der Waals surface area (Å²) >= 11 is 6.44. The smallest absolute Gasteiger partial charge is 0.314 e. The molecule has 23 heavy (non-hydrogen) atoms. The van der Waals surface area contributed by atoms with Crippen LogP contribution < -0.4 is 9.47 Å². The highest BCUT2D eigenvalue weighted by Crippen LogP contribution is 2.49. The molecule has 0 amide bonds. The van der Waals surface area contributed by atoms with E-state index in [0.717, 1.165) is 36.8 Å². The van der Waals surface area contributed by atoms with Gasteiger partial charge in [0, 0.05) is 12.0 Å². The van der Waals surface area contributed by atoms with Crippen molar-refractivity contribution in [3.63, 3.8) is 0 Å². The van der Waals surface area contributed by atoms with Crippen molar-refractivity contribution >= 4 is 17.6 Å². The Kier molecular flexibility index (Phi) is 4.72. The Hall–Kier alpha value is -1.42. The van der Waals surface area contributed by atoms with E-state index in [0.29, 0.717) is 49.0 Å². The summed E-state index contributed by atoms with van der Waals surface area (Å²) in [4.78, 5) is 12.2. The van der Waals surface area contributed by atoms with Gasteiger partial charge in [-0.1, -0.05) is 37.8 Å². The molecule has 1 aromatic rings. The first-order valence-corrected chi connectivity index (χ1v) is 8.83. The molecule has 1 N–H and O–H groups in total. The van der Waals surface area contributed by atoms with Crippen molar-refractivity contribution in [1.82, 2.24) is 0 Å². The maximum absolute atomic E-state index is 12.2. The lowest BCUT2D eigenvalue weighted by molar-refractivity contribution is -0.145. The third-order valence-corrected chi connectivity index (χ3v) is 5.34. The molecule has 1 heterocycles. The van der Waals surface area contributed by atoms with Crippen LogP contribution in [0.15, 0.2) is 6.07 Å². The van der Waals surface area contributed by atoms with E-state index in [9.17, 15) is 9.90 Å². The summed E-state index contributed by atoms with van der Waals surface area (Å²) in [6.07, 6.45) is 5.77. The molecule has 0 saturated heterocycles. The molecule has 0 bridgehead atoms. The summed E-state index contributed by atoms with van der Waals surface area (Å²) in [6.45, 7) is 3.17. The highest BCUT2D eigenvalue weighted by atomic mass is 35.5. The second kappa shape index (κ2) is 6.60. The summed E-state index contributed by atoms with van der Waals surface area (Å²) in [5, 5.41) is 10.5. The van der Waals surface area contributed by atoms with Crippen LogP contribution in [0.2, 0.25) is 5.02 Å². The standard InChI is InChI=1S/C18H23ClO4/c1-2-12-13(18(17(20)21)7-4-3-5-8-18)11-14(19)16-15(12)22-9-6-10-23-16/h11H,2-10H2,1H3,(H,20,21). The number of hydrogen-bond acceptors (Lipinski definition) is 3. The van der Waals surface area contributed by atoms with E-state index in [1.165, 1.54) is 0 Å². The Morgan fingerprint density at radius 2 is 1.83 bits per heavy atom. The summed E-state index contributed by atoms with van der Waals surface area (Å²) in [5.41, 5.74) is 0.912. The van der Waals surface area contributed by atoms with Crippen LogP contribution in [-0.4, -0.2) is 24.3 Å². The van der Waals surface area contributed by atoms with Gasteiger partial charge in [0.15, 0.2) is 11.5 Å². The number of rotatable bonds is 3. The second-order valence-electron chi connectivity index (χ2n) is 6.39. The first-order valence-electron chi connectivity index (χ1n) is 8.45. The number of aliphatic carboxylic acids is 1. The number of carbonyl (C=O) groups is 1. The van der Waals surface area contributed by atoms with E-state index in [1.807, 2.05) is 13.0 Å². The maximum atomic E-state index is 12.2. The molecule has 1 fully saturated rings. The SMILES string of the molecule is CCc1c(C2(C(=O)O)CCCCC2)cc(Cl)c2c1OCCCO2. The van der Waals surface area contributed by atoms with Crippen LogP contribution in [0.1, 0.15) is 56.6 Å². The van der Waals surface area contributed by atoms with Crippen LogP contribution in [0.25, 0.3) is 0 Å². The molecule has 3 rings (SSSR count). The van der Waals surface area contributed by atoms with Crippen molar-refractivity contribution in [2.45, 2.75) is 57.3 Å². The zero-order valence-corrected chi connectivity index (χ0v) is 14.2. The number of carboxylic acid groups (broad SMARTS) is 1. The van der Waals surface area contributed by atoms with Gasteiger partial charge in [0.2, 0.25) is 0 Å². The predicted octanol–water partition coefficient (Wildman–Crippen LogP) is 4.35. The van der Waals surface area contributed by atoms with Crippen molar-refractivity contribution in [3.05, 3.63) is 22.2 Å². The van der Waals surface area contributed by atoms with Gasteiger partial charge in [0.25, 0.3) is 0 Å². The van der Waals surface area contributed by atoms with E-state index in [2.05, 4.69) is 0 Å². The number of carboxylic acids is 1. The van der Waals surface area contributed by atoms with Crippen molar-refractivity contribution < 1.29 is 19.4 Å². The van der Waals surface area contributed by atoms with Crippen molar-refractivity contribution in [2.75, 3.05) is 13.2 Å². The van der Waals surface area contributed by atoms with Crippen LogP contribution in [0.3, 0.4) is 0 Å². The Labute approximate surface area is 141 Å². The predicted molar refractivity (Wildman–Crippen MR) is 88.8 cm³/mol. The zero-order chi connectivity index (χ0) is 16.4. The normalized spacial score (nSPS) is 19.9. The van der Waals surface area contributed by atoms with Gasteiger partial charge in [-0.05, 0) is 30.9 Å². The van der Waals surface area contributed by atoms with Gasteiger partial charge in [-0.3, -0.25) is 4.79 Å². The summed E-state index contributed by atoms with van der Waals surface area (Å²) in [5.74, 6) is 0.470. The second-order valence-corrected chi connectivity index (χ2v) is 6.80. The average molecular weight is 339 g/mol. The topological polar surface area (TPSA) is 55.8 Å². The zero-order valence-electron chi connectivity index (χ0n) is 13.5. The number of benzene rings is 1. The fourth-order valence-corrected chi connectivity index (χ4v) is 4.12. The van der Waals surface area contributed by atoms with Crippen molar-refractivity contribution in [3.8, 4) is 11.5 Å². The third-order valence-electron chi connectivity index (χ3n) is 5.06. The average Bonchev–Trinajstić information content (AvgIpc) is 2.81. The minimum Gasteiger partial charge on any atom is -0.489 e. The number of ether oxygens (including phenoxy) is 2. The van der Waals surface area contributed by atoms with E-state index < -0.39 is 11.4 Å². The van der Waals surface area contributed by atoms with Gasteiger partial charge < -0.3 is 14.6 Å². The van der Waals surface area contributed by atoms with E-state index in [1.54, 1.807) is 0 Å². The van der Waals surface area contributed by atoms with Crippen molar-refractivity contribution in [1.29, 1.82) is 0 Å². The molecule has 1 aliphatic heterocycles. The molecule has 4 nitrogen and oxygen atoms in total. The fourth-order valence-electron chi connectivity index (χ4n) is 3.87. The number of fused-ring (bicyclic) bond motifs is 1. The van der Waals surface area contributed by atoms with Crippen LogP contribution in [0.4, 0.5) is 0 Å². The lowest BCUT2D eigenvalue weighted by Crippen LogP contribution is -2.38. The molecule has 0 atom stereocenters. The van der Waals surface area contributed by atoms with E-state index >= 15 is 0 Å². The van der Waals surface area contributed by atoms with E-state index in [-0.39, 0.29) is 0 Å². The van der Waals surface area contributed by atoms with Gasteiger partial charge in [0.05, 0.1) is 23.7 Å². The first-order chi connectivity index (χ1) is 11.1. The molecule has 0 radical (unpaired) electrons. The van der Waals surface area contributed by atoms with Gasteiger partial charge in [-0.2, -0.15) is 0 Å². The highest BCUT2D eigenvalue weighted by molar-refractivity contribution is 6.32. The first kappa shape index (κ1) is 16.4. The molecule has 0 aromatic heterocycles. The van der Waals surface area contributed by atoms with Crippen molar-refractivity contribution in [2.24, 2.45) is 0 Å². The van der Waals surface area contributed by atoms with Gasteiger partial charge >= 0.3 is 5.97 Å². The molecular formula is C18H23ClO4. The number of hydrogen-bond donors (Lipinski definition) is 1. The van der Waals surface area contributed by atoms with Crippen LogP contribution in [0.5, 0.6) is 11.5 Å². The molecule has 0 spiro atoms. The lowest BCUT2D eigenvalue weighted by Gasteiger charge is -2.36. The molecule has 1 aromatic carbocycles. The Morgan fingerprint density at radius 3 is 2.43 bits per heavy atom. The number of halogens is 1. The molecule has 2 aliphatic rings. The summed E-state index contributed by atoms with van der Waals surface area (Å²) in [7, 11) is 0. The third kappa shape index (κ3) is 2.78. The minimum atomic E-state index is -0.849. The minimum absolute atomic E-state index is 0.459. The molecule has 0 unspecified atom stereocenters. The largest absolute Gasteiger partial charge is 0.489 e. The Bertz CT molecular complexity index is 606. The molecule has 1 aliphatic carbocycles. The van der Waals surface area contributed by atoms with Gasteiger partial charge in [0.1, 0.15) is 0 Å². The Balaban J connectivity index is 2.20.